The maximum atomic E-state index is 14.2. The average Bonchev–Trinajstić information content (AvgIpc) is 3.01. The van der Waals surface area contributed by atoms with E-state index >= 15 is 0 Å². The Bertz CT molecular complexity index is 1530. The molecule has 0 saturated carbocycles. The number of carbonyl (C=O) groups excluding carboxylic acids is 2. The number of carbonyl (C=O) groups is 2. The third-order valence-electron chi connectivity index (χ3n) is 7.01. The van der Waals surface area contributed by atoms with Gasteiger partial charge < -0.3 is 19.7 Å². The fourth-order valence-electron chi connectivity index (χ4n) is 4.88. The van der Waals surface area contributed by atoms with E-state index in [0.29, 0.717) is 30.9 Å². The Kier molecular flexibility index (Phi) is 8.76. The summed E-state index contributed by atoms with van der Waals surface area (Å²) in [6, 6.07) is 30.6. The largest absolute Gasteiger partial charge is 0.489 e. The molecular formula is C33H29F3N2O4. The molecule has 0 radical (unpaired) electrons. The number of halogens is 3. The lowest BCUT2D eigenvalue weighted by Gasteiger charge is -2.37. The molecule has 6 nitrogen and oxygen atoms in total. The number of ether oxygens (including phenoxy) is 2. The maximum absolute atomic E-state index is 14.2. The van der Waals surface area contributed by atoms with Gasteiger partial charge in [0.25, 0.3) is 5.91 Å². The first kappa shape index (κ1) is 28.7. The van der Waals surface area contributed by atoms with E-state index in [4.69, 9.17) is 9.47 Å². The second kappa shape index (κ2) is 12.8. The number of aryl methyl sites for hydroxylation is 1. The summed E-state index contributed by atoms with van der Waals surface area (Å²) in [6.45, 7) is 0.147. The van der Waals surface area contributed by atoms with Gasteiger partial charge in [-0.25, -0.2) is 0 Å². The molecule has 0 bridgehead atoms. The van der Waals surface area contributed by atoms with Crippen LogP contribution in [0.3, 0.4) is 0 Å². The maximum Gasteiger partial charge on any atom is 0.471 e. The van der Waals surface area contributed by atoms with Gasteiger partial charge >= 0.3 is 12.1 Å². The molecule has 1 aliphatic heterocycles. The van der Waals surface area contributed by atoms with Crippen LogP contribution in [0, 0.1) is 0 Å². The van der Waals surface area contributed by atoms with Gasteiger partial charge in [-0.3, -0.25) is 9.59 Å². The number of amides is 2. The van der Waals surface area contributed by atoms with Gasteiger partial charge in [0.1, 0.15) is 24.7 Å². The first-order valence-corrected chi connectivity index (χ1v) is 13.5. The minimum absolute atomic E-state index is 0.185. The summed E-state index contributed by atoms with van der Waals surface area (Å²) in [4.78, 5) is 27.3. The molecule has 216 valence electrons. The van der Waals surface area contributed by atoms with Crippen LogP contribution >= 0.6 is 0 Å². The summed E-state index contributed by atoms with van der Waals surface area (Å²) in [5.41, 5.74) is 3.56. The SMILES string of the molecule is O=C(c1ccc(OCc2ccccc2)cc1OCc1ccccc1)N1c2ccccc2CCC1CNC(=O)C(F)(F)F. The Morgan fingerprint density at radius 3 is 2.10 bits per heavy atom. The van der Waals surface area contributed by atoms with Gasteiger partial charge in [0.2, 0.25) is 0 Å². The van der Waals surface area contributed by atoms with Gasteiger partial charge in [-0.1, -0.05) is 78.9 Å². The number of anilines is 1. The van der Waals surface area contributed by atoms with Crippen molar-refractivity contribution in [3.8, 4) is 11.5 Å². The Hall–Kier alpha value is -4.79. The van der Waals surface area contributed by atoms with Crippen LogP contribution in [0.25, 0.3) is 0 Å². The van der Waals surface area contributed by atoms with Crippen LogP contribution in [0.5, 0.6) is 11.5 Å². The molecule has 9 heteroatoms. The molecule has 42 heavy (non-hydrogen) atoms. The quantitative estimate of drug-likeness (QED) is 0.248. The summed E-state index contributed by atoms with van der Waals surface area (Å²) in [5, 5.41) is 1.95. The Labute approximate surface area is 241 Å². The van der Waals surface area contributed by atoms with Crippen molar-refractivity contribution in [3.05, 3.63) is 125 Å². The molecule has 1 N–H and O–H groups in total. The van der Waals surface area contributed by atoms with Crippen molar-refractivity contribution in [2.45, 2.75) is 38.3 Å². The summed E-state index contributed by atoms with van der Waals surface area (Å²) < 4.78 is 50.9. The van der Waals surface area contributed by atoms with Crippen LogP contribution in [0.2, 0.25) is 0 Å². The summed E-state index contributed by atoms with van der Waals surface area (Å²) in [6.07, 6.45) is -4.09. The molecule has 1 aliphatic rings. The van der Waals surface area contributed by atoms with E-state index in [2.05, 4.69) is 0 Å². The van der Waals surface area contributed by atoms with E-state index in [-0.39, 0.29) is 24.5 Å². The topological polar surface area (TPSA) is 67.9 Å². The van der Waals surface area contributed by atoms with Crippen LogP contribution in [0.1, 0.15) is 33.5 Å². The predicted molar refractivity (Wildman–Crippen MR) is 152 cm³/mol. The number of benzene rings is 4. The van der Waals surface area contributed by atoms with Crippen molar-refractivity contribution in [1.82, 2.24) is 5.32 Å². The van der Waals surface area contributed by atoms with Crippen LogP contribution in [-0.2, 0) is 24.4 Å². The number of rotatable bonds is 9. The monoisotopic (exact) mass is 574 g/mol. The molecule has 0 fully saturated rings. The lowest BCUT2D eigenvalue weighted by atomic mass is 9.94. The van der Waals surface area contributed by atoms with E-state index < -0.39 is 24.0 Å². The van der Waals surface area contributed by atoms with Crippen LogP contribution < -0.4 is 19.7 Å². The number of hydrogen-bond donors (Lipinski definition) is 1. The number of alkyl halides is 3. The van der Waals surface area contributed by atoms with Crippen LogP contribution in [0.15, 0.2) is 103 Å². The highest BCUT2D eigenvalue weighted by molar-refractivity contribution is 6.09. The van der Waals surface area contributed by atoms with Gasteiger partial charge in [-0.2, -0.15) is 13.2 Å². The standard InChI is InChI=1S/C33H29F3N2O4/c34-33(35,36)32(40)37-20-26-16-15-25-13-7-8-14-29(25)38(26)31(39)28-18-17-27(41-21-23-9-3-1-4-10-23)19-30(28)42-22-24-11-5-2-6-12-24/h1-14,17-19,26H,15-16,20-22H2,(H,37,40). The normalized spacial score (nSPS) is 14.5. The second-order valence-corrected chi connectivity index (χ2v) is 9.91. The number of hydrogen-bond acceptors (Lipinski definition) is 4. The first-order valence-electron chi connectivity index (χ1n) is 13.5. The molecule has 1 atom stereocenters. The smallest absolute Gasteiger partial charge is 0.471 e. The molecule has 0 saturated heterocycles. The summed E-state index contributed by atoms with van der Waals surface area (Å²) in [7, 11) is 0. The lowest BCUT2D eigenvalue weighted by Crippen LogP contribution is -2.51. The van der Waals surface area contributed by atoms with Gasteiger partial charge in [0, 0.05) is 18.3 Å². The fraction of sp³-hybridized carbons (Fsp3) is 0.212. The van der Waals surface area contributed by atoms with Crippen molar-refractivity contribution < 1.29 is 32.2 Å². The van der Waals surface area contributed by atoms with E-state index in [1.165, 1.54) is 4.90 Å². The number of nitrogens with one attached hydrogen (secondary N) is 1. The fourth-order valence-corrected chi connectivity index (χ4v) is 4.88. The molecule has 0 aromatic heterocycles. The molecule has 1 heterocycles. The first-order chi connectivity index (χ1) is 20.3. The Balaban J connectivity index is 1.46. The molecular weight excluding hydrogens is 545 g/mol. The zero-order valence-corrected chi connectivity index (χ0v) is 22.6. The lowest BCUT2D eigenvalue weighted by molar-refractivity contribution is -0.173. The van der Waals surface area contributed by atoms with Crippen molar-refractivity contribution in [2.24, 2.45) is 0 Å². The highest BCUT2D eigenvalue weighted by Gasteiger charge is 2.40. The van der Waals surface area contributed by atoms with Crippen LogP contribution in [-0.4, -0.2) is 30.6 Å². The molecule has 0 spiro atoms. The molecule has 4 aromatic carbocycles. The van der Waals surface area contributed by atoms with E-state index in [1.807, 2.05) is 78.1 Å². The molecule has 1 unspecified atom stereocenters. The molecule has 5 rings (SSSR count). The minimum Gasteiger partial charge on any atom is -0.489 e. The number of para-hydroxylation sites is 1. The Morgan fingerprint density at radius 1 is 0.810 bits per heavy atom. The average molecular weight is 575 g/mol. The van der Waals surface area contributed by atoms with Crippen molar-refractivity contribution in [3.63, 3.8) is 0 Å². The zero-order chi connectivity index (χ0) is 29.5. The van der Waals surface area contributed by atoms with Gasteiger partial charge in [-0.15, -0.1) is 0 Å². The van der Waals surface area contributed by atoms with E-state index in [1.54, 1.807) is 30.3 Å². The zero-order valence-electron chi connectivity index (χ0n) is 22.6. The van der Waals surface area contributed by atoms with Gasteiger partial charge in [0.15, 0.2) is 0 Å². The Morgan fingerprint density at radius 2 is 1.43 bits per heavy atom. The van der Waals surface area contributed by atoms with Gasteiger partial charge in [-0.05, 0) is 47.7 Å². The molecule has 0 aliphatic carbocycles. The minimum atomic E-state index is -5.02. The third kappa shape index (κ3) is 6.91. The summed E-state index contributed by atoms with van der Waals surface area (Å²) >= 11 is 0. The highest BCUT2D eigenvalue weighted by Crippen LogP contribution is 2.35. The van der Waals surface area contributed by atoms with Crippen LogP contribution in [0.4, 0.5) is 18.9 Å². The van der Waals surface area contributed by atoms with Crippen molar-refractivity contribution in [2.75, 3.05) is 11.4 Å². The van der Waals surface area contributed by atoms with E-state index in [9.17, 15) is 22.8 Å². The molecule has 2 amide bonds. The number of nitrogens with zero attached hydrogens (tertiary/aromatic N) is 1. The van der Waals surface area contributed by atoms with E-state index in [0.717, 1.165) is 16.7 Å². The molecule has 4 aromatic rings. The van der Waals surface area contributed by atoms with Crippen molar-refractivity contribution >= 4 is 17.5 Å². The third-order valence-corrected chi connectivity index (χ3v) is 7.01. The predicted octanol–water partition coefficient (Wildman–Crippen LogP) is 6.48. The highest BCUT2D eigenvalue weighted by atomic mass is 19.4. The number of fused-ring (bicyclic) bond motifs is 1. The second-order valence-electron chi connectivity index (χ2n) is 9.91. The van der Waals surface area contributed by atoms with Gasteiger partial charge in [0.05, 0.1) is 11.6 Å². The summed E-state index contributed by atoms with van der Waals surface area (Å²) in [5.74, 6) is -1.73. The van der Waals surface area contributed by atoms with Crippen molar-refractivity contribution in [1.29, 1.82) is 0 Å².